The van der Waals surface area contributed by atoms with Crippen LogP contribution in [0.2, 0.25) is 0 Å². The number of piperazine rings is 1. The Morgan fingerprint density at radius 1 is 1.05 bits per heavy atom. The van der Waals surface area contributed by atoms with Gasteiger partial charge in [0.15, 0.2) is 0 Å². The lowest BCUT2D eigenvalue weighted by molar-refractivity contribution is 0.277. The summed E-state index contributed by atoms with van der Waals surface area (Å²) >= 11 is 0. The summed E-state index contributed by atoms with van der Waals surface area (Å²) in [7, 11) is 0. The molecule has 0 unspecified atom stereocenters. The molecule has 1 aliphatic rings. The zero-order chi connectivity index (χ0) is 14.7. The van der Waals surface area contributed by atoms with Crippen LogP contribution in [0, 0.1) is 5.82 Å². The van der Waals surface area contributed by atoms with Crippen molar-refractivity contribution in [3.05, 3.63) is 54.1 Å². The van der Waals surface area contributed by atoms with Gasteiger partial charge in [0, 0.05) is 38.1 Å². The minimum absolute atomic E-state index is 0.0525. The molecule has 2 aromatic rings. The van der Waals surface area contributed by atoms with Crippen LogP contribution in [0.5, 0.6) is 0 Å². The largest absolute Gasteiger partial charge is 0.390 e. The first kappa shape index (κ1) is 13.8. The predicted molar refractivity (Wildman–Crippen MR) is 81.0 cm³/mol. The topological polar surface area (TPSA) is 39.6 Å². The highest BCUT2D eigenvalue weighted by molar-refractivity contribution is 5.52. The summed E-state index contributed by atoms with van der Waals surface area (Å²) in [6.07, 6.45) is 1.71. The van der Waals surface area contributed by atoms with Crippen LogP contribution in [0.3, 0.4) is 0 Å². The molecule has 1 fully saturated rings. The Bertz CT molecular complexity index is 612. The summed E-state index contributed by atoms with van der Waals surface area (Å²) in [4.78, 5) is 8.39. The molecule has 1 saturated heterocycles. The van der Waals surface area contributed by atoms with Crippen LogP contribution in [0.15, 0.2) is 42.6 Å². The number of para-hydroxylation sites is 1. The molecule has 0 atom stereocenters. The lowest BCUT2D eigenvalue weighted by atomic mass is 10.2. The SMILES string of the molecule is OCc1cc(N2CCN(c3ccccc3F)CC2)ccn1. The van der Waals surface area contributed by atoms with Gasteiger partial charge in [-0.3, -0.25) is 4.98 Å². The van der Waals surface area contributed by atoms with Gasteiger partial charge in [-0.05, 0) is 24.3 Å². The van der Waals surface area contributed by atoms with Gasteiger partial charge < -0.3 is 14.9 Å². The van der Waals surface area contributed by atoms with Gasteiger partial charge in [-0.25, -0.2) is 4.39 Å². The van der Waals surface area contributed by atoms with Crippen molar-refractivity contribution in [3.8, 4) is 0 Å². The van der Waals surface area contributed by atoms with Crippen molar-refractivity contribution < 1.29 is 9.50 Å². The second kappa shape index (κ2) is 6.10. The number of pyridine rings is 1. The first-order valence-electron chi connectivity index (χ1n) is 7.08. The lowest BCUT2D eigenvalue weighted by Gasteiger charge is -2.37. The minimum atomic E-state index is -0.169. The van der Waals surface area contributed by atoms with Crippen LogP contribution in [0.25, 0.3) is 0 Å². The molecule has 4 nitrogen and oxygen atoms in total. The van der Waals surface area contributed by atoms with E-state index in [9.17, 15) is 4.39 Å². The van der Waals surface area contributed by atoms with Gasteiger partial charge in [0.05, 0.1) is 18.0 Å². The third-order valence-electron chi connectivity index (χ3n) is 3.80. The number of hydrogen-bond donors (Lipinski definition) is 1. The van der Waals surface area contributed by atoms with Crippen LogP contribution in [0.1, 0.15) is 5.69 Å². The average molecular weight is 287 g/mol. The van der Waals surface area contributed by atoms with E-state index in [1.54, 1.807) is 12.3 Å². The summed E-state index contributed by atoms with van der Waals surface area (Å²) in [5.41, 5.74) is 2.40. The van der Waals surface area contributed by atoms with E-state index in [1.165, 1.54) is 6.07 Å². The first-order chi connectivity index (χ1) is 10.3. The summed E-state index contributed by atoms with van der Waals surface area (Å²) in [5.74, 6) is -0.169. The zero-order valence-corrected chi connectivity index (χ0v) is 11.7. The number of hydrogen-bond acceptors (Lipinski definition) is 4. The second-order valence-corrected chi connectivity index (χ2v) is 5.09. The second-order valence-electron chi connectivity index (χ2n) is 5.09. The highest BCUT2D eigenvalue weighted by Gasteiger charge is 2.19. The van der Waals surface area contributed by atoms with E-state index in [0.717, 1.165) is 31.9 Å². The minimum Gasteiger partial charge on any atom is -0.390 e. The Labute approximate surface area is 123 Å². The van der Waals surface area contributed by atoms with E-state index in [-0.39, 0.29) is 12.4 Å². The molecule has 0 saturated carbocycles. The molecule has 1 N–H and O–H groups in total. The van der Waals surface area contributed by atoms with Crippen LogP contribution >= 0.6 is 0 Å². The van der Waals surface area contributed by atoms with Crippen molar-refractivity contribution in [1.82, 2.24) is 4.98 Å². The maximum absolute atomic E-state index is 13.8. The normalized spacial score (nSPS) is 15.3. The molecule has 3 rings (SSSR count). The Balaban J connectivity index is 1.69. The van der Waals surface area contributed by atoms with Gasteiger partial charge in [0.2, 0.25) is 0 Å². The molecule has 0 spiro atoms. The number of nitrogens with zero attached hydrogens (tertiary/aromatic N) is 3. The third-order valence-corrected chi connectivity index (χ3v) is 3.80. The number of anilines is 2. The number of halogens is 1. The van der Waals surface area contributed by atoms with Crippen molar-refractivity contribution in [1.29, 1.82) is 0 Å². The van der Waals surface area contributed by atoms with Gasteiger partial charge >= 0.3 is 0 Å². The van der Waals surface area contributed by atoms with Gasteiger partial charge in [-0.2, -0.15) is 0 Å². The zero-order valence-electron chi connectivity index (χ0n) is 11.7. The van der Waals surface area contributed by atoms with Gasteiger partial charge in [-0.15, -0.1) is 0 Å². The van der Waals surface area contributed by atoms with Crippen molar-refractivity contribution in [3.63, 3.8) is 0 Å². The standard InChI is InChI=1S/C16H18FN3O/c17-15-3-1-2-4-16(15)20-9-7-19(8-10-20)14-5-6-18-13(11-14)12-21/h1-6,11,21H,7-10,12H2. The molecule has 1 aromatic carbocycles. The lowest BCUT2D eigenvalue weighted by Crippen LogP contribution is -2.46. The fourth-order valence-electron chi connectivity index (χ4n) is 2.66. The van der Waals surface area contributed by atoms with Crippen molar-refractivity contribution in [2.24, 2.45) is 0 Å². The number of aliphatic hydroxyl groups is 1. The maximum atomic E-state index is 13.8. The predicted octanol–water partition coefficient (Wildman–Crippen LogP) is 2.04. The van der Waals surface area contributed by atoms with E-state index in [2.05, 4.69) is 14.8 Å². The van der Waals surface area contributed by atoms with Crippen LogP contribution in [0.4, 0.5) is 15.8 Å². The highest BCUT2D eigenvalue weighted by Crippen LogP contribution is 2.22. The summed E-state index contributed by atoms with van der Waals surface area (Å²) < 4.78 is 13.8. The number of aliphatic hydroxyl groups excluding tert-OH is 1. The monoisotopic (exact) mass is 287 g/mol. The van der Waals surface area contributed by atoms with E-state index in [4.69, 9.17) is 5.11 Å². The molecular weight excluding hydrogens is 269 g/mol. The summed E-state index contributed by atoms with van der Waals surface area (Å²) in [5, 5.41) is 9.15. The highest BCUT2D eigenvalue weighted by atomic mass is 19.1. The van der Waals surface area contributed by atoms with Gasteiger partial charge in [0.1, 0.15) is 5.82 Å². The fourth-order valence-corrected chi connectivity index (χ4v) is 2.66. The Hall–Kier alpha value is -2.14. The molecule has 0 amide bonds. The molecule has 0 radical (unpaired) electrons. The Kier molecular flexibility index (Phi) is 4.01. The van der Waals surface area contributed by atoms with E-state index < -0.39 is 0 Å². The Morgan fingerprint density at radius 3 is 2.48 bits per heavy atom. The van der Waals surface area contributed by atoms with E-state index in [0.29, 0.717) is 11.4 Å². The third kappa shape index (κ3) is 2.97. The van der Waals surface area contributed by atoms with E-state index >= 15 is 0 Å². The Morgan fingerprint density at radius 2 is 1.76 bits per heavy atom. The van der Waals surface area contributed by atoms with Crippen LogP contribution in [-0.2, 0) is 6.61 Å². The van der Waals surface area contributed by atoms with Crippen molar-refractivity contribution in [2.75, 3.05) is 36.0 Å². The fraction of sp³-hybridized carbons (Fsp3) is 0.312. The molecule has 1 aliphatic heterocycles. The number of benzene rings is 1. The van der Waals surface area contributed by atoms with Crippen molar-refractivity contribution in [2.45, 2.75) is 6.61 Å². The molecule has 1 aromatic heterocycles. The van der Waals surface area contributed by atoms with Gasteiger partial charge in [0.25, 0.3) is 0 Å². The average Bonchev–Trinajstić information content (AvgIpc) is 2.56. The van der Waals surface area contributed by atoms with Crippen LogP contribution in [-0.4, -0.2) is 36.3 Å². The summed E-state index contributed by atoms with van der Waals surface area (Å²) in [6.45, 7) is 3.14. The van der Waals surface area contributed by atoms with Gasteiger partial charge in [-0.1, -0.05) is 12.1 Å². The molecule has 21 heavy (non-hydrogen) atoms. The smallest absolute Gasteiger partial charge is 0.146 e. The van der Waals surface area contributed by atoms with Crippen LogP contribution < -0.4 is 9.80 Å². The molecule has 0 aliphatic carbocycles. The maximum Gasteiger partial charge on any atom is 0.146 e. The quantitative estimate of drug-likeness (QED) is 0.938. The molecule has 110 valence electrons. The van der Waals surface area contributed by atoms with E-state index in [1.807, 2.05) is 24.3 Å². The molecule has 5 heteroatoms. The first-order valence-corrected chi connectivity index (χ1v) is 7.08. The number of aromatic nitrogens is 1. The number of rotatable bonds is 3. The van der Waals surface area contributed by atoms with Crippen molar-refractivity contribution >= 4 is 11.4 Å². The molecular formula is C16H18FN3O. The molecule has 2 heterocycles. The molecule has 0 bridgehead atoms. The summed E-state index contributed by atoms with van der Waals surface area (Å²) in [6, 6.07) is 10.7.